The van der Waals surface area contributed by atoms with E-state index < -0.39 is 5.60 Å². The van der Waals surface area contributed by atoms with Crippen LogP contribution in [0.3, 0.4) is 0 Å². The fourth-order valence-electron chi connectivity index (χ4n) is 2.42. The van der Waals surface area contributed by atoms with Crippen LogP contribution in [0.15, 0.2) is 0 Å². The van der Waals surface area contributed by atoms with E-state index in [4.69, 9.17) is 0 Å². The van der Waals surface area contributed by atoms with E-state index in [-0.39, 0.29) is 5.41 Å². The lowest BCUT2D eigenvalue weighted by molar-refractivity contribution is 0.00651. The Morgan fingerprint density at radius 1 is 1.11 bits per heavy atom. The van der Waals surface area contributed by atoms with Gasteiger partial charge in [-0.2, -0.15) is 0 Å². The van der Waals surface area contributed by atoms with Gasteiger partial charge in [-0.05, 0) is 32.6 Å². The third-order valence-corrected chi connectivity index (χ3v) is 5.23. The van der Waals surface area contributed by atoms with Gasteiger partial charge >= 0.3 is 0 Å². The van der Waals surface area contributed by atoms with E-state index in [1.165, 1.54) is 0 Å². The lowest BCUT2D eigenvalue weighted by Gasteiger charge is -2.37. The van der Waals surface area contributed by atoms with Crippen LogP contribution in [0.2, 0.25) is 0 Å². The molecule has 1 aliphatic heterocycles. The van der Waals surface area contributed by atoms with Crippen LogP contribution in [-0.2, 0) is 5.41 Å². The van der Waals surface area contributed by atoms with Crippen LogP contribution in [-0.4, -0.2) is 34.0 Å². The van der Waals surface area contributed by atoms with Gasteiger partial charge in [0.05, 0.1) is 5.60 Å². The Kier molecular flexibility index (Phi) is 3.89. The third kappa shape index (κ3) is 3.45. The van der Waals surface area contributed by atoms with Crippen LogP contribution in [0, 0.1) is 5.92 Å². The van der Waals surface area contributed by atoms with Crippen LogP contribution in [0.4, 0.5) is 5.13 Å². The number of hydrogen-bond acceptors (Lipinski definition) is 5. The summed E-state index contributed by atoms with van der Waals surface area (Å²) in [4.78, 5) is 2.30. The molecule has 0 saturated carbocycles. The first-order chi connectivity index (χ1) is 8.68. The molecule has 1 fully saturated rings. The van der Waals surface area contributed by atoms with Gasteiger partial charge < -0.3 is 10.0 Å². The summed E-state index contributed by atoms with van der Waals surface area (Å²) in [6.45, 7) is 12.3. The molecule has 108 valence electrons. The maximum Gasteiger partial charge on any atom is 0.208 e. The van der Waals surface area contributed by atoms with Gasteiger partial charge in [0.15, 0.2) is 0 Å². The summed E-state index contributed by atoms with van der Waals surface area (Å²) in [5, 5.41) is 20.8. The number of aliphatic hydroxyl groups is 1. The molecule has 19 heavy (non-hydrogen) atoms. The highest BCUT2D eigenvalue weighted by Gasteiger charge is 2.31. The Balaban J connectivity index is 2.00. The molecule has 0 atom stereocenters. The van der Waals surface area contributed by atoms with Crippen molar-refractivity contribution in [3.8, 4) is 0 Å². The number of nitrogens with zero attached hydrogens (tertiary/aromatic N) is 3. The number of piperidine rings is 1. The molecule has 0 bridgehead atoms. The summed E-state index contributed by atoms with van der Waals surface area (Å²) in [6.07, 6.45) is 2.04. The molecular formula is C14H25N3OS. The Bertz CT molecular complexity index is 423. The van der Waals surface area contributed by atoms with E-state index >= 15 is 0 Å². The predicted octanol–water partition coefficient (Wildman–Crippen LogP) is 2.82. The van der Waals surface area contributed by atoms with Crippen molar-refractivity contribution in [3.05, 3.63) is 5.01 Å². The second-order valence-electron chi connectivity index (χ2n) is 7.05. The fraction of sp³-hybridized carbons (Fsp3) is 0.857. The summed E-state index contributed by atoms with van der Waals surface area (Å²) in [6, 6.07) is 0. The van der Waals surface area contributed by atoms with Crippen molar-refractivity contribution in [2.24, 2.45) is 5.92 Å². The number of rotatable bonds is 2. The quantitative estimate of drug-likeness (QED) is 0.906. The minimum absolute atomic E-state index is 0.0708. The first-order valence-corrected chi connectivity index (χ1v) is 7.81. The monoisotopic (exact) mass is 283 g/mol. The van der Waals surface area contributed by atoms with Crippen molar-refractivity contribution in [2.45, 2.75) is 58.5 Å². The largest absolute Gasteiger partial charge is 0.390 e. The topological polar surface area (TPSA) is 49.2 Å². The highest BCUT2D eigenvalue weighted by Crippen LogP contribution is 2.34. The van der Waals surface area contributed by atoms with Crippen molar-refractivity contribution >= 4 is 16.5 Å². The lowest BCUT2D eigenvalue weighted by Crippen LogP contribution is -2.41. The molecule has 1 saturated heterocycles. The lowest BCUT2D eigenvalue weighted by atomic mass is 9.83. The molecule has 0 spiro atoms. The molecule has 1 aromatic rings. The summed E-state index contributed by atoms with van der Waals surface area (Å²) in [5.41, 5.74) is -0.495. The summed E-state index contributed by atoms with van der Waals surface area (Å²) >= 11 is 1.70. The van der Waals surface area contributed by atoms with E-state index in [1.54, 1.807) is 11.3 Å². The third-order valence-electron chi connectivity index (χ3n) is 3.82. The number of anilines is 1. The normalized spacial score (nSPS) is 18.9. The Labute approximate surface area is 119 Å². The van der Waals surface area contributed by atoms with Crippen molar-refractivity contribution in [2.75, 3.05) is 18.0 Å². The van der Waals surface area contributed by atoms with Gasteiger partial charge in [-0.15, -0.1) is 10.2 Å². The molecule has 1 aliphatic rings. The Morgan fingerprint density at radius 3 is 2.11 bits per heavy atom. The van der Waals surface area contributed by atoms with Crippen LogP contribution in [0.1, 0.15) is 52.5 Å². The van der Waals surface area contributed by atoms with Crippen molar-refractivity contribution < 1.29 is 5.11 Å². The van der Waals surface area contributed by atoms with E-state index in [1.807, 2.05) is 13.8 Å². The summed E-state index contributed by atoms with van der Waals surface area (Å²) in [7, 11) is 0. The zero-order valence-corrected chi connectivity index (χ0v) is 13.4. The molecule has 0 radical (unpaired) electrons. The first kappa shape index (κ1) is 14.7. The number of hydrogen-bond donors (Lipinski definition) is 1. The van der Waals surface area contributed by atoms with Crippen molar-refractivity contribution in [1.82, 2.24) is 10.2 Å². The molecule has 1 aromatic heterocycles. The number of aromatic nitrogens is 2. The van der Waals surface area contributed by atoms with Crippen LogP contribution in [0.5, 0.6) is 0 Å². The second-order valence-corrected chi connectivity index (χ2v) is 8.01. The van der Waals surface area contributed by atoms with E-state index in [0.29, 0.717) is 5.92 Å². The Hall–Kier alpha value is -0.680. The standard InChI is InChI=1S/C14H25N3OS/c1-13(2,3)11-15-16-12(19-11)17-8-6-10(7-9-17)14(4,5)18/h10,18H,6-9H2,1-5H3. The van der Waals surface area contributed by atoms with E-state index in [2.05, 4.69) is 35.9 Å². The molecule has 5 heteroatoms. The van der Waals surface area contributed by atoms with Gasteiger partial charge in [-0.3, -0.25) is 0 Å². The molecular weight excluding hydrogens is 258 g/mol. The van der Waals surface area contributed by atoms with E-state index in [0.717, 1.165) is 36.1 Å². The fourth-order valence-corrected chi connectivity index (χ4v) is 3.38. The van der Waals surface area contributed by atoms with Gasteiger partial charge in [-0.25, -0.2) is 0 Å². The van der Waals surface area contributed by atoms with Gasteiger partial charge in [0, 0.05) is 18.5 Å². The Morgan fingerprint density at radius 2 is 1.68 bits per heavy atom. The van der Waals surface area contributed by atoms with Crippen LogP contribution >= 0.6 is 11.3 Å². The smallest absolute Gasteiger partial charge is 0.208 e. The zero-order chi connectivity index (χ0) is 14.3. The van der Waals surface area contributed by atoms with E-state index in [9.17, 15) is 5.11 Å². The first-order valence-electron chi connectivity index (χ1n) is 6.99. The maximum atomic E-state index is 10.1. The van der Waals surface area contributed by atoms with Crippen molar-refractivity contribution in [1.29, 1.82) is 0 Å². The molecule has 0 aromatic carbocycles. The summed E-state index contributed by atoms with van der Waals surface area (Å²) < 4.78 is 0. The van der Waals surface area contributed by atoms with Gasteiger partial charge in [0.1, 0.15) is 5.01 Å². The van der Waals surface area contributed by atoms with Gasteiger partial charge in [-0.1, -0.05) is 32.1 Å². The zero-order valence-electron chi connectivity index (χ0n) is 12.6. The van der Waals surface area contributed by atoms with Gasteiger partial charge in [0.25, 0.3) is 0 Å². The molecule has 2 heterocycles. The van der Waals surface area contributed by atoms with Gasteiger partial charge in [0.2, 0.25) is 5.13 Å². The molecule has 1 N–H and O–H groups in total. The molecule has 0 aliphatic carbocycles. The molecule has 0 amide bonds. The SMILES string of the molecule is CC(C)(C)c1nnc(N2CCC(C(C)(C)O)CC2)s1. The molecule has 4 nitrogen and oxygen atoms in total. The highest BCUT2D eigenvalue weighted by atomic mass is 32.1. The molecule has 0 unspecified atom stereocenters. The van der Waals surface area contributed by atoms with Crippen molar-refractivity contribution in [3.63, 3.8) is 0 Å². The maximum absolute atomic E-state index is 10.1. The average Bonchev–Trinajstić information content (AvgIpc) is 2.77. The molecule has 2 rings (SSSR count). The van der Waals surface area contributed by atoms with Crippen LogP contribution in [0.25, 0.3) is 0 Å². The minimum atomic E-state index is -0.566. The minimum Gasteiger partial charge on any atom is -0.390 e. The predicted molar refractivity (Wildman–Crippen MR) is 79.8 cm³/mol. The van der Waals surface area contributed by atoms with Crippen LogP contribution < -0.4 is 4.90 Å². The average molecular weight is 283 g/mol. The highest BCUT2D eigenvalue weighted by molar-refractivity contribution is 7.15. The second kappa shape index (κ2) is 5.02. The summed E-state index contributed by atoms with van der Waals surface area (Å²) in [5.74, 6) is 0.388.